The summed E-state index contributed by atoms with van der Waals surface area (Å²) < 4.78 is 5.95. The first-order valence-corrected chi connectivity index (χ1v) is 9.28. The van der Waals surface area contributed by atoms with Crippen molar-refractivity contribution >= 4 is 11.8 Å². The van der Waals surface area contributed by atoms with Crippen LogP contribution in [0.15, 0.2) is 53.7 Å². The maximum absolute atomic E-state index is 5.95. The van der Waals surface area contributed by atoms with Crippen LogP contribution in [-0.2, 0) is 5.75 Å². The van der Waals surface area contributed by atoms with Crippen LogP contribution in [0, 0.1) is 27.7 Å². The lowest BCUT2D eigenvalue weighted by Crippen LogP contribution is -1.96. The molecule has 2 aromatic carbocycles. The van der Waals surface area contributed by atoms with Crippen LogP contribution >= 0.6 is 11.8 Å². The van der Waals surface area contributed by atoms with E-state index in [1.165, 1.54) is 22.3 Å². The summed E-state index contributed by atoms with van der Waals surface area (Å²) in [6, 6.07) is 16.3. The summed E-state index contributed by atoms with van der Waals surface area (Å²) in [5.74, 6) is 2.23. The number of nitrogens with zero attached hydrogens (tertiary/aromatic N) is 2. The molecular formula is C21H22N2OS. The second-order valence-corrected chi connectivity index (χ2v) is 7.14. The maximum atomic E-state index is 5.95. The lowest BCUT2D eigenvalue weighted by Gasteiger charge is -2.09. The van der Waals surface area contributed by atoms with Gasteiger partial charge in [0.05, 0.1) is 0 Å². The molecule has 0 bridgehead atoms. The summed E-state index contributed by atoms with van der Waals surface area (Å²) in [5.41, 5.74) is 5.95. The molecule has 0 radical (unpaired) electrons. The van der Waals surface area contributed by atoms with E-state index in [0.29, 0.717) is 5.88 Å². The average Bonchev–Trinajstić information content (AvgIpc) is 2.57. The number of ether oxygens (including phenoxy) is 1. The quantitative estimate of drug-likeness (QED) is 0.430. The van der Waals surface area contributed by atoms with Crippen molar-refractivity contribution in [2.45, 2.75) is 38.6 Å². The van der Waals surface area contributed by atoms with Gasteiger partial charge in [-0.2, -0.15) is 4.98 Å². The van der Waals surface area contributed by atoms with Crippen LogP contribution in [0.4, 0.5) is 0 Å². The van der Waals surface area contributed by atoms with Gasteiger partial charge in [-0.15, -0.1) is 0 Å². The Morgan fingerprint density at radius 1 is 0.840 bits per heavy atom. The van der Waals surface area contributed by atoms with Crippen molar-refractivity contribution in [1.82, 2.24) is 9.97 Å². The van der Waals surface area contributed by atoms with Crippen LogP contribution in [0.3, 0.4) is 0 Å². The number of benzene rings is 2. The molecule has 3 nitrogen and oxygen atoms in total. The van der Waals surface area contributed by atoms with Gasteiger partial charge in [-0.25, -0.2) is 4.98 Å². The van der Waals surface area contributed by atoms with Crippen LogP contribution < -0.4 is 4.74 Å². The number of aromatic nitrogens is 2. The smallest absolute Gasteiger partial charge is 0.223 e. The van der Waals surface area contributed by atoms with Gasteiger partial charge in [-0.3, -0.25) is 0 Å². The van der Waals surface area contributed by atoms with Gasteiger partial charge in [0, 0.05) is 17.5 Å². The molecule has 0 saturated carbocycles. The summed E-state index contributed by atoms with van der Waals surface area (Å²) in [6.45, 7) is 8.26. The van der Waals surface area contributed by atoms with Crippen molar-refractivity contribution in [3.8, 4) is 11.6 Å². The zero-order chi connectivity index (χ0) is 17.8. The largest absolute Gasteiger partial charge is 0.439 e. The van der Waals surface area contributed by atoms with Crippen LogP contribution in [0.2, 0.25) is 0 Å². The number of aryl methyl sites for hydroxylation is 4. The molecule has 25 heavy (non-hydrogen) atoms. The summed E-state index contributed by atoms with van der Waals surface area (Å²) >= 11 is 1.63. The highest BCUT2D eigenvalue weighted by molar-refractivity contribution is 7.98. The molecule has 4 heteroatoms. The zero-order valence-electron chi connectivity index (χ0n) is 15.0. The standard InChI is InChI=1S/C21H22N2OS/c1-14-9-10-19(11-16(14)3)24-20-12-17(4)22-21(23-20)25-13-18-8-6-5-7-15(18)2/h5-12H,13H2,1-4H3. The summed E-state index contributed by atoms with van der Waals surface area (Å²) in [6.07, 6.45) is 0. The Balaban J connectivity index is 1.76. The van der Waals surface area contributed by atoms with E-state index in [9.17, 15) is 0 Å². The third-order valence-corrected chi connectivity index (χ3v) is 5.03. The predicted octanol–water partition coefficient (Wildman–Crippen LogP) is 5.79. The molecule has 0 spiro atoms. The van der Waals surface area contributed by atoms with Gasteiger partial charge < -0.3 is 4.74 Å². The fourth-order valence-electron chi connectivity index (χ4n) is 2.44. The van der Waals surface area contributed by atoms with Gasteiger partial charge >= 0.3 is 0 Å². The molecule has 0 saturated heterocycles. The van der Waals surface area contributed by atoms with Gasteiger partial charge in [-0.05, 0) is 62.1 Å². The Morgan fingerprint density at radius 2 is 1.64 bits per heavy atom. The summed E-state index contributed by atoms with van der Waals surface area (Å²) in [5, 5.41) is 0.738. The van der Waals surface area contributed by atoms with E-state index in [2.05, 4.69) is 61.1 Å². The average molecular weight is 350 g/mol. The first-order valence-electron chi connectivity index (χ1n) is 8.29. The van der Waals surface area contributed by atoms with E-state index in [-0.39, 0.29) is 0 Å². The summed E-state index contributed by atoms with van der Waals surface area (Å²) in [7, 11) is 0. The topological polar surface area (TPSA) is 35.0 Å². The molecule has 0 amide bonds. The van der Waals surface area contributed by atoms with Crippen LogP contribution in [-0.4, -0.2) is 9.97 Å². The Labute approximate surface area is 153 Å². The molecule has 0 unspecified atom stereocenters. The Hall–Kier alpha value is -2.33. The van der Waals surface area contributed by atoms with E-state index >= 15 is 0 Å². The SMILES string of the molecule is Cc1cc(Oc2ccc(C)c(C)c2)nc(SCc2ccccc2C)n1. The lowest BCUT2D eigenvalue weighted by atomic mass is 10.1. The lowest BCUT2D eigenvalue weighted by molar-refractivity contribution is 0.454. The number of hydrogen-bond donors (Lipinski definition) is 0. The Bertz CT molecular complexity index is 893. The van der Waals surface area contributed by atoms with Crippen LogP contribution in [0.5, 0.6) is 11.6 Å². The normalized spacial score (nSPS) is 10.7. The highest BCUT2D eigenvalue weighted by atomic mass is 32.2. The van der Waals surface area contributed by atoms with Crippen molar-refractivity contribution in [3.05, 3.63) is 76.5 Å². The van der Waals surface area contributed by atoms with Gasteiger partial charge in [0.2, 0.25) is 5.88 Å². The predicted molar refractivity (Wildman–Crippen MR) is 103 cm³/mol. The van der Waals surface area contributed by atoms with Crippen LogP contribution in [0.25, 0.3) is 0 Å². The molecule has 0 aliphatic carbocycles. The van der Waals surface area contributed by atoms with Gasteiger partial charge in [-0.1, -0.05) is 42.1 Å². The van der Waals surface area contributed by atoms with Crippen molar-refractivity contribution < 1.29 is 4.74 Å². The first kappa shape index (κ1) is 17.5. The third-order valence-electron chi connectivity index (χ3n) is 4.13. The monoisotopic (exact) mass is 350 g/mol. The van der Waals surface area contributed by atoms with Crippen LogP contribution in [0.1, 0.15) is 27.9 Å². The summed E-state index contributed by atoms with van der Waals surface area (Å²) in [4.78, 5) is 9.08. The number of thioether (sulfide) groups is 1. The van der Waals surface area contributed by atoms with Gasteiger partial charge in [0.15, 0.2) is 5.16 Å². The fraction of sp³-hybridized carbons (Fsp3) is 0.238. The van der Waals surface area contributed by atoms with Crippen molar-refractivity contribution in [2.75, 3.05) is 0 Å². The molecule has 3 aromatic rings. The van der Waals surface area contributed by atoms with Crippen molar-refractivity contribution in [1.29, 1.82) is 0 Å². The van der Waals surface area contributed by atoms with Crippen molar-refractivity contribution in [2.24, 2.45) is 0 Å². The fourth-order valence-corrected chi connectivity index (χ4v) is 3.41. The second-order valence-electron chi connectivity index (χ2n) is 6.19. The van der Waals surface area contributed by atoms with E-state index < -0.39 is 0 Å². The molecule has 0 N–H and O–H groups in total. The third kappa shape index (κ3) is 4.60. The minimum absolute atomic E-state index is 0.586. The van der Waals surface area contributed by atoms with E-state index in [1.807, 2.05) is 25.1 Å². The molecule has 1 aromatic heterocycles. The Kier molecular flexibility index (Phi) is 5.39. The van der Waals surface area contributed by atoms with Crippen molar-refractivity contribution in [3.63, 3.8) is 0 Å². The molecule has 1 heterocycles. The van der Waals surface area contributed by atoms with Gasteiger partial charge in [0.1, 0.15) is 5.75 Å². The van der Waals surface area contributed by atoms with Gasteiger partial charge in [0.25, 0.3) is 0 Å². The molecule has 128 valence electrons. The second kappa shape index (κ2) is 7.70. The molecule has 0 aliphatic rings. The molecular weight excluding hydrogens is 328 g/mol. The highest BCUT2D eigenvalue weighted by Gasteiger charge is 2.07. The van der Waals surface area contributed by atoms with E-state index in [4.69, 9.17) is 4.74 Å². The van der Waals surface area contributed by atoms with E-state index in [0.717, 1.165) is 22.4 Å². The molecule has 3 rings (SSSR count). The first-order chi connectivity index (χ1) is 12.0. The molecule has 0 aliphatic heterocycles. The highest BCUT2D eigenvalue weighted by Crippen LogP contribution is 2.26. The number of hydrogen-bond acceptors (Lipinski definition) is 4. The molecule has 0 atom stereocenters. The number of rotatable bonds is 5. The maximum Gasteiger partial charge on any atom is 0.223 e. The minimum atomic E-state index is 0.586. The zero-order valence-corrected chi connectivity index (χ0v) is 15.9. The Morgan fingerprint density at radius 3 is 2.40 bits per heavy atom. The van der Waals surface area contributed by atoms with E-state index in [1.54, 1.807) is 11.8 Å². The molecule has 0 fully saturated rings. The minimum Gasteiger partial charge on any atom is -0.439 e.